The van der Waals surface area contributed by atoms with Crippen LogP contribution in [-0.4, -0.2) is 37.7 Å². The predicted octanol–water partition coefficient (Wildman–Crippen LogP) is 1.93. The highest BCUT2D eigenvalue weighted by Gasteiger charge is 2.28. The summed E-state index contributed by atoms with van der Waals surface area (Å²) in [6.07, 6.45) is 3.87. The molecule has 0 fully saturated rings. The van der Waals surface area contributed by atoms with Gasteiger partial charge in [-0.05, 0) is 13.3 Å². The molecular formula is C12H18N6O2. The molecule has 0 aromatic carbocycles. The number of tetrazole rings is 1. The van der Waals surface area contributed by atoms with Crippen LogP contribution in [0, 0.1) is 11.4 Å². The lowest BCUT2D eigenvalue weighted by Crippen LogP contribution is -2.20. The minimum atomic E-state index is -0.925. The SMILES string of the molecule is C=C(/C=C\C(C)N=N)CC(c1nn[nH]n1)C(C)C(=O)O. The Morgan fingerprint density at radius 2 is 2.30 bits per heavy atom. The third-order valence-corrected chi connectivity index (χ3v) is 2.98. The van der Waals surface area contributed by atoms with E-state index in [0.717, 1.165) is 5.57 Å². The molecule has 108 valence electrons. The number of nitrogens with zero attached hydrogens (tertiary/aromatic N) is 4. The summed E-state index contributed by atoms with van der Waals surface area (Å²) in [6, 6.07) is -0.229. The smallest absolute Gasteiger partial charge is 0.306 e. The van der Waals surface area contributed by atoms with Gasteiger partial charge in [0.05, 0.1) is 12.0 Å². The fourth-order valence-electron chi connectivity index (χ4n) is 1.66. The predicted molar refractivity (Wildman–Crippen MR) is 71.2 cm³/mol. The van der Waals surface area contributed by atoms with Crippen molar-refractivity contribution in [2.24, 2.45) is 11.0 Å². The first-order chi connectivity index (χ1) is 9.45. The largest absolute Gasteiger partial charge is 0.481 e. The molecule has 1 rings (SSSR count). The van der Waals surface area contributed by atoms with Crippen LogP contribution in [0.3, 0.4) is 0 Å². The zero-order valence-electron chi connectivity index (χ0n) is 11.4. The van der Waals surface area contributed by atoms with E-state index in [2.05, 4.69) is 32.3 Å². The van der Waals surface area contributed by atoms with Crippen molar-refractivity contribution in [1.82, 2.24) is 20.6 Å². The Balaban J connectivity index is 2.81. The summed E-state index contributed by atoms with van der Waals surface area (Å²) < 4.78 is 0. The first-order valence-electron chi connectivity index (χ1n) is 6.14. The summed E-state index contributed by atoms with van der Waals surface area (Å²) in [5.74, 6) is -1.64. The first kappa shape index (κ1) is 15.7. The number of carboxylic acids is 1. The van der Waals surface area contributed by atoms with Crippen molar-refractivity contribution < 1.29 is 9.90 Å². The van der Waals surface area contributed by atoms with Gasteiger partial charge in [0.1, 0.15) is 0 Å². The summed E-state index contributed by atoms with van der Waals surface area (Å²) in [5.41, 5.74) is 7.59. The molecule has 0 aliphatic carbocycles. The zero-order chi connectivity index (χ0) is 15.1. The Morgan fingerprint density at radius 1 is 1.60 bits per heavy atom. The molecule has 1 aromatic rings. The number of hydrogen-bond acceptors (Lipinski definition) is 6. The Labute approximate surface area is 116 Å². The van der Waals surface area contributed by atoms with Gasteiger partial charge in [0.25, 0.3) is 0 Å². The number of aromatic nitrogens is 4. The minimum Gasteiger partial charge on any atom is -0.481 e. The van der Waals surface area contributed by atoms with Crippen LogP contribution in [0.5, 0.6) is 0 Å². The third kappa shape index (κ3) is 4.38. The fourth-order valence-corrected chi connectivity index (χ4v) is 1.66. The Bertz CT molecular complexity index is 496. The number of aliphatic carboxylic acids is 1. The van der Waals surface area contributed by atoms with E-state index in [4.69, 9.17) is 10.6 Å². The molecule has 0 saturated heterocycles. The minimum absolute atomic E-state index is 0.229. The van der Waals surface area contributed by atoms with Gasteiger partial charge in [-0.1, -0.05) is 36.4 Å². The Hall–Kier alpha value is -2.38. The number of allylic oxidation sites excluding steroid dienone is 2. The van der Waals surface area contributed by atoms with E-state index in [1.54, 1.807) is 26.0 Å². The first-order valence-corrected chi connectivity index (χ1v) is 6.14. The van der Waals surface area contributed by atoms with Gasteiger partial charge in [-0.3, -0.25) is 4.79 Å². The van der Waals surface area contributed by atoms with Crippen molar-refractivity contribution in [3.63, 3.8) is 0 Å². The number of carbonyl (C=O) groups is 1. The maximum atomic E-state index is 11.2. The summed E-state index contributed by atoms with van der Waals surface area (Å²) in [5, 5.41) is 26.0. The summed E-state index contributed by atoms with van der Waals surface area (Å²) in [4.78, 5) is 11.2. The van der Waals surface area contributed by atoms with Crippen molar-refractivity contribution in [1.29, 1.82) is 5.53 Å². The molecule has 3 atom stereocenters. The summed E-state index contributed by atoms with van der Waals surface area (Å²) in [6.45, 7) is 7.25. The van der Waals surface area contributed by atoms with E-state index < -0.39 is 17.8 Å². The van der Waals surface area contributed by atoms with Gasteiger partial charge in [-0.2, -0.15) is 10.3 Å². The van der Waals surface area contributed by atoms with Crippen molar-refractivity contribution in [2.45, 2.75) is 32.2 Å². The Kier molecular flexibility index (Phi) is 5.70. The van der Waals surface area contributed by atoms with Crippen molar-refractivity contribution in [2.75, 3.05) is 0 Å². The van der Waals surface area contributed by atoms with Gasteiger partial charge >= 0.3 is 5.97 Å². The average Bonchev–Trinajstić information content (AvgIpc) is 2.94. The highest BCUT2D eigenvalue weighted by atomic mass is 16.4. The van der Waals surface area contributed by atoms with E-state index in [9.17, 15) is 4.79 Å². The summed E-state index contributed by atoms with van der Waals surface area (Å²) >= 11 is 0. The van der Waals surface area contributed by atoms with E-state index in [-0.39, 0.29) is 6.04 Å². The number of aromatic amines is 1. The van der Waals surface area contributed by atoms with Crippen LogP contribution < -0.4 is 0 Å². The average molecular weight is 278 g/mol. The second kappa shape index (κ2) is 7.27. The van der Waals surface area contributed by atoms with Crippen LogP contribution in [-0.2, 0) is 4.79 Å². The monoisotopic (exact) mass is 278 g/mol. The van der Waals surface area contributed by atoms with Crippen LogP contribution in [0.15, 0.2) is 29.4 Å². The second-order valence-corrected chi connectivity index (χ2v) is 4.59. The van der Waals surface area contributed by atoms with E-state index in [0.29, 0.717) is 12.2 Å². The molecule has 0 aliphatic heterocycles. The zero-order valence-corrected chi connectivity index (χ0v) is 11.4. The molecule has 0 radical (unpaired) electrons. The fraction of sp³-hybridized carbons (Fsp3) is 0.500. The van der Waals surface area contributed by atoms with E-state index >= 15 is 0 Å². The van der Waals surface area contributed by atoms with Gasteiger partial charge < -0.3 is 5.11 Å². The highest BCUT2D eigenvalue weighted by molar-refractivity contribution is 5.70. The molecule has 3 unspecified atom stereocenters. The maximum absolute atomic E-state index is 11.2. The van der Waals surface area contributed by atoms with Crippen LogP contribution in [0.25, 0.3) is 0 Å². The molecule has 8 heteroatoms. The van der Waals surface area contributed by atoms with Crippen LogP contribution in [0.2, 0.25) is 0 Å². The summed E-state index contributed by atoms with van der Waals surface area (Å²) in [7, 11) is 0. The number of hydrogen-bond donors (Lipinski definition) is 3. The number of nitrogens with one attached hydrogen (secondary N) is 2. The van der Waals surface area contributed by atoms with Crippen molar-refractivity contribution in [3.8, 4) is 0 Å². The molecule has 0 aliphatic rings. The van der Waals surface area contributed by atoms with Crippen molar-refractivity contribution in [3.05, 3.63) is 30.1 Å². The number of rotatable bonds is 8. The molecule has 0 amide bonds. The molecule has 1 aromatic heterocycles. The topological polar surface area (TPSA) is 128 Å². The number of H-pyrrole nitrogens is 1. The van der Waals surface area contributed by atoms with Gasteiger partial charge in [-0.25, -0.2) is 5.53 Å². The lowest BCUT2D eigenvalue weighted by molar-refractivity contribution is -0.141. The maximum Gasteiger partial charge on any atom is 0.306 e. The van der Waals surface area contributed by atoms with Gasteiger partial charge in [0, 0.05) is 5.92 Å². The molecule has 0 spiro atoms. The lowest BCUT2D eigenvalue weighted by Gasteiger charge is -2.17. The number of carboxylic acid groups (broad SMARTS) is 1. The molecule has 0 saturated carbocycles. The van der Waals surface area contributed by atoms with Crippen molar-refractivity contribution >= 4 is 5.97 Å². The standard InChI is InChI=1S/C12H18N6O2/c1-7(4-5-8(2)14-13)6-10(9(3)12(19)20)11-15-17-18-16-11/h4-5,8-10,13H,1,6H2,2-3H3,(H,19,20)(H,15,16,17,18)/b5-4-,14-13?. The van der Waals surface area contributed by atoms with Crippen LogP contribution >= 0.6 is 0 Å². The van der Waals surface area contributed by atoms with E-state index in [1.807, 2.05) is 0 Å². The quantitative estimate of drug-likeness (QED) is 0.494. The van der Waals surface area contributed by atoms with Crippen LogP contribution in [0.4, 0.5) is 0 Å². The lowest BCUT2D eigenvalue weighted by atomic mass is 9.87. The van der Waals surface area contributed by atoms with Crippen LogP contribution in [0.1, 0.15) is 32.0 Å². The van der Waals surface area contributed by atoms with Gasteiger partial charge in [0.15, 0.2) is 5.82 Å². The second-order valence-electron chi connectivity index (χ2n) is 4.59. The van der Waals surface area contributed by atoms with Gasteiger partial charge in [0.2, 0.25) is 0 Å². The molecular weight excluding hydrogens is 260 g/mol. The normalized spacial score (nSPS) is 15.7. The molecule has 20 heavy (non-hydrogen) atoms. The Morgan fingerprint density at radius 3 is 2.80 bits per heavy atom. The molecule has 3 N–H and O–H groups in total. The third-order valence-electron chi connectivity index (χ3n) is 2.98. The molecule has 1 heterocycles. The van der Waals surface area contributed by atoms with E-state index in [1.165, 1.54) is 0 Å². The molecule has 8 nitrogen and oxygen atoms in total. The molecule has 0 bridgehead atoms. The van der Waals surface area contributed by atoms with Gasteiger partial charge in [-0.15, -0.1) is 10.2 Å². The highest BCUT2D eigenvalue weighted by Crippen LogP contribution is 2.28.